The van der Waals surface area contributed by atoms with Crippen LogP contribution in [-0.2, 0) is 40.8 Å². The quantitative estimate of drug-likeness (QED) is 0.130. The van der Waals surface area contributed by atoms with Crippen LogP contribution in [0.5, 0.6) is 0 Å². The number of carbonyl (C=O) groups excluding carboxylic acids is 1. The van der Waals surface area contributed by atoms with Gasteiger partial charge in [0.1, 0.15) is 35.2 Å². The highest BCUT2D eigenvalue weighted by molar-refractivity contribution is 7.92. The second-order valence-corrected chi connectivity index (χ2v) is 15.4. The molecule has 8 rings (SSSR count). The van der Waals surface area contributed by atoms with Crippen LogP contribution in [0, 0.1) is 17.6 Å². The van der Waals surface area contributed by atoms with E-state index in [9.17, 15) is 30.8 Å². The minimum atomic E-state index is -3.79. The van der Waals surface area contributed by atoms with Gasteiger partial charge < -0.3 is 10.3 Å². The Hall–Kier alpha value is -5.10. The molecule has 19 heteroatoms. The molecule has 2 aromatic carbocycles. The van der Waals surface area contributed by atoms with Crippen LogP contribution in [0.2, 0.25) is 5.02 Å². The van der Waals surface area contributed by atoms with Gasteiger partial charge in [-0.25, -0.2) is 31.0 Å². The number of sulfonamides is 1. The Bertz CT molecular complexity index is 2590. The summed E-state index contributed by atoms with van der Waals surface area (Å²) in [4.78, 5) is 21.6. The van der Waals surface area contributed by atoms with Crippen molar-refractivity contribution in [1.29, 1.82) is 0 Å². The molecule has 0 aliphatic heterocycles. The van der Waals surface area contributed by atoms with E-state index in [1.165, 1.54) is 10.7 Å². The normalized spacial score (nSPS) is 18.1. The maximum atomic E-state index is 15.3. The Morgan fingerprint density at radius 2 is 1.81 bits per heavy atom. The molecule has 0 bridgehead atoms. The number of H-pyrrole nitrogens is 1. The molecule has 1 fully saturated rings. The number of amides is 1. The number of benzene rings is 2. The number of anilines is 1. The zero-order chi connectivity index (χ0) is 37.7. The van der Waals surface area contributed by atoms with Crippen LogP contribution in [0.1, 0.15) is 53.0 Å². The lowest BCUT2D eigenvalue weighted by molar-refractivity contribution is -0.123. The third-order valence-electron chi connectivity index (χ3n) is 9.56. The molecule has 0 radical (unpaired) electrons. The summed E-state index contributed by atoms with van der Waals surface area (Å²) >= 11 is 6.57. The van der Waals surface area contributed by atoms with Gasteiger partial charge in [0.15, 0.2) is 5.82 Å². The van der Waals surface area contributed by atoms with Crippen LogP contribution in [0.15, 0.2) is 48.7 Å². The Balaban J connectivity index is 1.26. The molecule has 2 aliphatic rings. The number of fused-ring (bicyclic) bond motifs is 5. The summed E-state index contributed by atoms with van der Waals surface area (Å²) in [5.41, 5.74) is -0.0160. The fourth-order valence-electron chi connectivity index (χ4n) is 7.45. The van der Waals surface area contributed by atoms with E-state index in [4.69, 9.17) is 16.6 Å². The average Bonchev–Trinajstić information content (AvgIpc) is 3.28. The van der Waals surface area contributed by atoms with Gasteiger partial charge in [-0.05, 0) is 54.7 Å². The Morgan fingerprint density at radius 1 is 1.08 bits per heavy atom. The van der Waals surface area contributed by atoms with Crippen molar-refractivity contribution in [2.45, 2.75) is 43.7 Å². The maximum absolute atomic E-state index is 15.3. The van der Waals surface area contributed by atoms with Gasteiger partial charge in [0, 0.05) is 47.3 Å². The number of aromatic amines is 1. The second-order valence-electron chi connectivity index (χ2n) is 13.3. The number of nitrogens with one attached hydrogen (secondary N) is 3. The summed E-state index contributed by atoms with van der Waals surface area (Å²) in [6.45, 7) is -0.869. The number of alkyl halides is 4. The van der Waals surface area contributed by atoms with Crippen LogP contribution in [0.3, 0.4) is 0 Å². The van der Waals surface area contributed by atoms with E-state index in [0.717, 1.165) is 18.4 Å². The Kier molecular flexibility index (Phi) is 8.06. The molecule has 1 amide bonds. The van der Waals surface area contributed by atoms with Crippen LogP contribution in [0.4, 0.5) is 32.2 Å². The van der Waals surface area contributed by atoms with Gasteiger partial charge in [-0.1, -0.05) is 17.7 Å². The first-order valence-electron chi connectivity index (χ1n) is 16.1. The molecule has 6 aromatic rings. The van der Waals surface area contributed by atoms with Crippen LogP contribution < -0.4 is 10.0 Å². The minimum Gasteiger partial charge on any atom is -0.346 e. The van der Waals surface area contributed by atoms with Crippen molar-refractivity contribution >= 4 is 55.3 Å². The molecule has 2 aliphatic carbocycles. The standard InChI is InChI=1S/C34H27ClF6N8O3S/c1-48-29-18(3-4-22(35)26(29)33(46-48)47-53(2,51)52)19-10-15-5-6-42-32(15)44-27(19)23(9-14-7-16(36)11-17(37)8-14)43-24(50)13-49-30-25(28(45-49)31(38)39)20-12-21(20)34(30,40)41/h3-8,10-11,20-21,23,31H,9,12-13H2,1-2H3,(H,42,44)(H,43,50)(H,46,47)/t20-,21+,23+/m0/s1. The van der Waals surface area contributed by atoms with Crippen LogP contribution in [0.25, 0.3) is 33.1 Å². The number of nitrogens with zero attached hydrogens (tertiary/aromatic N) is 5. The number of pyridine rings is 1. The highest BCUT2D eigenvalue weighted by Crippen LogP contribution is 2.68. The molecule has 1 saturated carbocycles. The SMILES string of the molecule is Cn1nc(NS(C)(=O)=O)c2c(Cl)ccc(-c3cc4cc[nH]c4nc3[C@@H](Cc3cc(F)cc(F)c3)NC(=O)Cn3nc(C(F)F)c4c3C(F)(F)[C@@H]3C[C@H]43)c21. The first-order chi connectivity index (χ1) is 25.0. The summed E-state index contributed by atoms with van der Waals surface area (Å²) in [7, 11) is -2.24. The fraction of sp³-hybridized carbons (Fsp3) is 0.294. The van der Waals surface area contributed by atoms with E-state index in [1.54, 1.807) is 31.4 Å². The Morgan fingerprint density at radius 3 is 2.51 bits per heavy atom. The molecule has 0 unspecified atom stereocenters. The van der Waals surface area contributed by atoms with Crippen molar-refractivity contribution in [2.75, 3.05) is 11.0 Å². The van der Waals surface area contributed by atoms with E-state index in [-0.39, 0.29) is 45.9 Å². The smallest absolute Gasteiger partial charge is 0.293 e. The molecule has 4 heterocycles. The van der Waals surface area contributed by atoms with Gasteiger partial charge in [0.05, 0.1) is 33.9 Å². The van der Waals surface area contributed by atoms with Crippen molar-refractivity contribution in [3.8, 4) is 11.1 Å². The fourth-order valence-corrected chi connectivity index (χ4v) is 8.19. The predicted octanol–water partition coefficient (Wildman–Crippen LogP) is 6.86. The lowest BCUT2D eigenvalue weighted by Gasteiger charge is -2.23. The highest BCUT2D eigenvalue weighted by atomic mass is 35.5. The molecular weight excluding hydrogens is 750 g/mol. The third kappa shape index (κ3) is 6.06. The van der Waals surface area contributed by atoms with Crippen LogP contribution in [-0.4, -0.2) is 50.1 Å². The zero-order valence-corrected chi connectivity index (χ0v) is 29.1. The molecule has 3 atom stereocenters. The van der Waals surface area contributed by atoms with Gasteiger partial charge >= 0.3 is 0 Å². The zero-order valence-electron chi connectivity index (χ0n) is 27.6. The lowest BCUT2D eigenvalue weighted by atomic mass is 9.93. The van der Waals surface area contributed by atoms with E-state index >= 15 is 8.78 Å². The number of hydrogen-bond acceptors (Lipinski definition) is 6. The van der Waals surface area contributed by atoms with Gasteiger partial charge in [0.25, 0.3) is 12.3 Å². The lowest BCUT2D eigenvalue weighted by Crippen LogP contribution is -2.35. The molecule has 11 nitrogen and oxygen atoms in total. The van der Waals surface area contributed by atoms with Gasteiger partial charge in [0.2, 0.25) is 15.9 Å². The van der Waals surface area contributed by atoms with E-state index < -0.39 is 75.7 Å². The van der Waals surface area contributed by atoms with E-state index in [0.29, 0.717) is 38.4 Å². The molecule has 276 valence electrons. The number of halogens is 7. The number of rotatable bonds is 10. The number of aryl methyl sites for hydroxylation is 1. The predicted molar refractivity (Wildman–Crippen MR) is 182 cm³/mol. The Labute approximate surface area is 301 Å². The highest BCUT2D eigenvalue weighted by Gasteiger charge is 2.67. The minimum absolute atomic E-state index is 0.0417. The molecule has 0 spiro atoms. The van der Waals surface area contributed by atoms with Crippen molar-refractivity contribution in [1.82, 2.24) is 34.8 Å². The number of aromatic nitrogens is 6. The topological polar surface area (TPSA) is 140 Å². The molecule has 0 saturated heterocycles. The van der Waals surface area contributed by atoms with E-state index in [2.05, 4.69) is 25.2 Å². The van der Waals surface area contributed by atoms with Crippen molar-refractivity contribution in [3.05, 3.63) is 93.5 Å². The third-order valence-corrected chi connectivity index (χ3v) is 10.4. The molecular formula is C34H27ClF6N8O3S. The maximum Gasteiger partial charge on any atom is 0.293 e. The summed E-state index contributed by atoms with van der Waals surface area (Å²) in [6, 6.07) is 8.16. The second kappa shape index (κ2) is 12.2. The summed E-state index contributed by atoms with van der Waals surface area (Å²) in [6.07, 6.45) is -0.810. The summed E-state index contributed by atoms with van der Waals surface area (Å²) in [5, 5.41) is 11.8. The van der Waals surface area contributed by atoms with Gasteiger partial charge in [-0.15, -0.1) is 0 Å². The summed E-state index contributed by atoms with van der Waals surface area (Å²) in [5.74, 6) is -8.16. The van der Waals surface area contributed by atoms with Crippen molar-refractivity contribution < 1.29 is 39.6 Å². The average molecular weight is 777 g/mol. The largest absolute Gasteiger partial charge is 0.346 e. The van der Waals surface area contributed by atoms with Crippen molar-refractivity contribution in [2.24, 2.45) is 13.0 Å². The van der Waals surface area contributed by atoms with Gasteiger partial charge in [-0.2, -0.15) is 19.0 Å². The van der Waals surface area contributed by atoms with Crippen LogP contribution >= 0.6 is 11.6 Å². The molecule has 3 N–H and O–H groups in total. The number of hydrogen-bond donors (Lipinski definition) is 3. The molecule has 4 aromatic heterocycles. The van der Waals surface area contributed by atoms with Gasteiger partial charge in [-0.3, -0.25) is 18.9 Å². The molecule has 53 heavy (non-hydrogen) atoms. The number of carbonyl (C=O) groups is 1. The first-order valence-corrected chi connectivity index (χ1v) is 18.4. The van der Waals surface area contributed by atoms with Crippen molar-refractivity contribution in [3.63, 3.8) is 0 Å². The monoisotopic (exact) mass is 776 g/mol. The first kappa shape index (κ1) is 35.0. The summed E-state index contributed by atoms with van der Waals surface area (Å²) < 4.78 is 116. The van der Waals surface area contributed by atoms with E-state index in [1.807, 2.05) is 0 Å².